The Morgan fingerprint density at radius 1 is 1.40 bits per heavy atom. The molecule has 2 rings (SSSR count). The molecule has 0 fully saturated rings. The molecule has 0 aliphatic rings. The topological polar surface area (TPSA) is 52.0 Å². The lowest BCUT2D eigenvalue weighted by molar-refractivity contribution is 0.289. The Balaban J connectivity index is 1.74. The van der Waals surface area contributed by atoms with Crippen molar-refractivity contribution in [2.75, 3.05) is 13.2 Å². The van der Waals surface area contributed by atoms with E-state index in [0.717, 1.165) is 31.0 Å². The summed E-state index contributed by atoms with van der Waals surface area (Å²) in [6.45, 7) is 5.07. The molecular formula is C14H19ClN4O. The maximum Gasteiger partial charge on any atom is 0.120 e. The molecule has 0 aliphatic carbocycles. The molecule has 0 spiro atoms. The lowest BCUT2D eigenvalue weighted by atomic mass is 10.3. The lowest BCUT2D eigenvalue weighted by Crippen LogP contribution is -2.14. The van der Waals surface area contributed by atoms with E-state index in [1.54, 1.807) is 10.7 Å². The third-order valence-corrected chi connectivity index (χ3v) is 2.94. The van der Waals surface area contributed by atoms with Crippen LogP contribution in [-0.2, 0) is 13.1 Å². The summed E-state index contributed by atoms with van der Waals surface area (Å²) in [4.78, 5) is 0. The number of aromatic nitrogens is 3. The van der Waals surface area contributed by atoms with Gasteiger partial charge in [-0.2, -0.15) is 0 Å². The number of hydrogen-bond acceptors (Lipinski definition) is 4. The predicted octanol–water partition coefficient (Wildman–Crippen LogP) is 2.51. The van der Waals surface area contributed by atoms with Crippen LogP contribution in [0.4, 0.5) is 0 Å². The Bertz CT molecular complexity index is 529. The van der Waals surface area contributed by atoms with Crippen molar-refractivity contribution in [1.82, 2.24) is 20.3 Å². The fourth-order valence-corrected chi connectivity index (χ4v) is 1.92. The van der Waals surface area contributed by atoms with Crippen LogP contribution in [0.25, 0.3) is 0 Å². The molecule has 0 saturated carbocycles. The molecule has 2 aromatic rings. The summed E-state index contributed by atoms with van der Waals surface area (Å²) in [7, 11) is 0. The van der Waals surface area contributed by atoms with Crippen molar-refractivity contribution in [2.45, 2.75) is 26.4 Å². The van der Waals surface area contributed by atoms with E-state index in [2.05, 4.69) is 22.6 Å². The molecule has 0 radical (unpaired) electrons. The molecule has 0 amide bonds. The van der Waals surface area contributed by atoms with Crippen LogP contribution in [0.1, 0.15) is 19.0 Å². The minimum Gasteiger partial charge on any atom is -0.492 e. The molecule has 0 unspecified atom stereocenters. The van der Waals surface area contributed by atoms with Crippen LogP contribution in [-0.4, -0.2) is 28.1 Å². The van der Waals surface area contributed by atoms with E-state index in [4.69, 9.17) is 16.3 Å². The summed E-state index contributed by atoms with van der Waals surface area (Å²) in [5.41, 5.74) is 0.946. The van der Waals surface area contributed by atoms with Gasteiger partial charge in [0.2, 0.25) is 0 Å². The number of hydrogen-bond donors (Lipinski definition) is 1. The molecule has 0 saturated heterocycles. The smallest absolute Gasteiger partial charge is 0.120 e. The van der Waals surface area contributed by atoms with E-state index >= 15 is 0 Å². The fraction of sp³-hybridized carbons (Fsp3) is 0.429. The zero-order chi connectivity index (χ0) is 14.2. The van der Waals surface area contributed by atoms with Gasteiger partial charge in [-0.05, 0) is 31.2 Å². The highest BCUT2D eigenvalue weighted by Gasteiger charge is 2.01. The van der Waals surface area contributed by atoms with Crippen molar-refractivity contribution in [3.8, 4) is 5.75 Å². The average Bonchev–Trinajstić information content (AvgIpc) is 2.87. The van der Waals surface area contributed by atoms with Crippen LogP contribution in [0.2, 0.25) is 5.02 Å². The van der Waals surface area contributed by atoms with Gasteiger partial charge in [-0.1, -0.05) is 29.8 Å². The van der Waals surface area contributed by atoms with Crippen molar-refractivity contribution in [1.29, 1.82) is 0 Å². The molecule has 1 heterocycles. The number of ether oxygens (including phenoxy) is 1. The molecule has 1 N–H and O–H groups in total. The first-order chi connectivity index (χ1) is 9.78. The highest BCUT2D eigenvalue weighted by molar-refractivity contribution is 6.30. The van der Waals surface area contributed by atoms with Gasteiger partial charge in [0.1, 0.15) is 12.4 Å². The summed E-state index contributed by atoms with van der Waals surface area (Å²) in [5.74, 6) is 0.766. The number of rotatable bonds is 8. The molecule has 20 heavy (non-hydrogen) atoms. The Kier molecular flexibility index (Phi) is 5.83. The van der Waals surface area contributed by atoms with Crippen LogP contribution in [0.15, 0.2) is 30.5 Å². The summed E-state index contributed by atoms with van der Waals surface area (Å²) in [5, 5.41) is 12.1. The van der Waals surface area contributed by atoms with E-state index in [1.165, 1.54) is 0 Å². The third kappa shape index (κ3) is 4.83. The average molecular weight is 295 g/mol. The second kappa shape index (κ2) is 7.87. The van der Waals surface area contributed by atoms with Gasteiger partial charge in [-0.15, -0.1) is 5.10 Å². The molecule has 0 atom stereocenters. The van der Waals surface area contributed by atoms with Crippen LogP contribution in [0.3, 0.4) is 0 Å². The molecule has 1 aromatic heterocycles. The second-order valence-corrected chi connectivity index (χ2v) is 4.89. The van der Waals surface area contributed by atoms with Crippen LogP contribution >= 0.6 is 11.6 Å². The van der Waals surface area contributed by atoms with Gasteiger partial charge >= 0.3 is 0 Å². The van der Waals surface area contributed by atoms with E-state index < -0.39 is 0 Å². The van der Waals surface area contributed by atoms with E-state index in [-0.39, 0.29) is 0 Å². The van der Waals surface area contributed by atoms with Gasteiger partial charge in [0.05, 0.1) is 12.2 Å². The minimum atomic E-state index is 0.533. The first-order valence-electron chi connectivity index (χ1n) is 6.76. The summed E-state index contributed by atoms with van der Waals surface area (Å²) < 4.78 is 7.40. The van der Waals surface area contributed by atoms with Gasteiger partial charge in [0, 0.05) is 17.8 Å². The molecule has 1 aromatic carbocycles. The van der Waals surface area contributed by atoms with E-state index in [1.807, 2.05) is 24.4 Å². The highest BCUT2D eigenvalue weighted by Crippen LogP contribution is 2.16. The number of nitrogens with zero attached hydrogens (tertiary/aromatic N) is 3. The van der Waals surface area contributed by atoms with E-state index in [0.29, 0.717) is 18.2 Å². The summed E-state index contributed by atoms with van der Waals surface area (Å²) in [6.07, 6.45) is 3.05. The standard InChI is InChI=1S/C14H19ClN4O/c1-2-6-16-10-13-11-19(18-17-13)7-8-20-14-5-3-4-12(15)9-14/h3-5,9,11,16H,2,6-8,10H2,1H3. The van der Waals surface area contributed by atoms with Gasteiger partial charge in [-0.3, -0.25) is 0 Å². The highest BCUT2D eigenvalue weighted by atomic mass is 35.5. The normalized spacial score (nSPS) is 10.7. The maximum absolute atomic E-state index is 5.89. The van der Waals surface area contributed by atoms with Crippen LogP contribution in [0.5, 0.6) is 5.75 Å². The molecular weight excluding hydrogens is 276 g/mol. The minimum absolute atomic E-state index is 0.533. The zero-order valence-corrected chi connectivity index (χ0v) is 12.3. The molecule has 108 valence electrons. The second-order valence-electron chi connectivity index (χ2n) is 4.46. The van der Waals surface area contributed by atoms with Crippen LogP contribution < -0.4 is 10.1 Å². The van der Waals surface area contributed by atoms with Gasteiger partial charge in [-0.25, -0.2) is 4.68 Å². The quantitative estimate of drug-likeness (QED) is 0.760. The Hall–Kier alpha value is -1.59. The Labute approximate surface area is 123 Å². The SMILES string of the molecule is CCCNCc1cn(CCOc2cccc(Cl)c2)nn1. The van der Waals surface area contributed by atoms with Crippen molar-refractivity contribution in [3.05, 3.63) is 41.2 Å². The van der Waals surface area contributed by atoms with Gasteiger partial charge < -0.3 is 10.1 Å². The molecule has 5 nitrogen and oxygen atoms in total. The van der Waals surface area contributed by atoms with Crippen molar-refractivity contribution >= 4 is 11.6 Å². The summed E-state index contributed by atoms with van der Waals surface area (Å²) in [6, 6.07) is 7.36. The lowest BCUT2D eigenvalue weighted by Gasteiger charge is -2.05. The first kappa shape index (κ1) is 14.8. The van der Waals surface area contributed by atoms with Crippen molar-refractivity contribution in [2.24, 2.45) is 0 Å². The van der Waals surface area contributed by atoms with Crippen LogP contribution in [0, 0.1) is 0 Å². The number of halogens is 1. The predicted molar refractivity (Wildman–Crippen MR) is 79.0 cm³/mol. The Morgan fingerprint density at radius 3 is 3.10 bits per heavy atom. The zero-order valence-electron chi connectivity index (χ0n) is 11.6. The van der Waals surface area contributed by atoms with Gasteiger partial charge in [0.15, 0.2) is 0 Å². The Morgan fingerprint density at radius 2 is 2.30 bits per heavy atom. The molecule has 0 aliphatic heterocycles. The summed E-state index contributed by atoms with van der Waals surface area (Å²) >= 11 is 5.89. The van der Waals surface area contributed by atoms with Crippen molar-refractivity contribution in [3.63, 3.8) is 0 Å². The van der Waals surface area contributed by atoms with Gasteiger partial charge in [0.25, 0.3) is 0 Å². The number of nitrogens with one attached hydrogen (secondary N) is 1. The monoisotopic (exact) mass is 294 g/mol. The maximum atomic E-state index is 5.89. The van der Waals surface area contributed by atoms with E-state index in [9.17, 15) is 0 Å². The molecule has 0 bridgehead atoms. The van der Waals surface area contributed by atoms with Crippen molar-refractivity contribution < 1.29 is 4.74 Å². The first-order valence-corrected chi connectivity index (χ1v) is 7.14. The number of benzene rings is 1. The molecule has 6 heteroatoms. The largest absolute Gasteiger partial charge is 0.492 e. The fourth-order valence-electron chi connectivity index (χ4n) is 1.74. The third-order valence-electron chi connectivity index (χ3n) is 2.70.